The Morgan fingerprint density at radius 2 is 1.84 bits per heavy atom. The Bertz CT molecular complexity index is 803. The summed E-state index contributed by atoms with van der Waals surface area (Å²) >= 11 is 1.39. The highest BCUT2D eigenvalue weighted by molar-refractivity contribution is 7.99. The summed E-state index contributed by atoms with van der Waals surface area (Å²) in [6.07, 6.45) is -0.619. The van der Waals surface area contributed by atoms with Crippen LogP contribution in [0.5, 0.6) is 5.75 Å². The van der Waals surface area contributed by atoms with Crippen molar-refractivity contribution in [2.24, 2.45) is 0 Å². The molecule has 2 aromatic carbocycles. The van der Waals surface area contributed by atoms with Gasteiger partial charge in [-0.3, -0.25) is 0 Å². The molecule has 0 aliphatic heterocycles. The fourth-order valence-electron chi connectivity index (χ4n) is 2.43. The van der Waals surface area contributed by atoms with Crippen molar-refractivity contribution in [1.29, 1.82) is 0 Å². The summed E-state index contributed by atoms with van der Waals surface area (Å²) in [6, 6.07) is 15.7. The lowest BCUT2D eigenvalue weighted by atomic mass is 10.1. The zero-order valence-electron chi connectivity index (χ0n) is 14.2. The lowest BCUT2D eigenvalue weighted by molar-refractivity contribution is 0.126. The van der Waals surface area contributed by atoms with E-state index in [9.17, 15) is 5.11 Å². The van der Waals surface area contributed by atoms with Crippen molar-refractivity contribution >= 4 is 11.8 Å². The summed E-state index contributed by atoms with van der Waals surface area (Å²) in [6.45, 7) is 4.27. The van der Waals surface area contributed by atoms with Crippen LogP contribution < -0.4 is 4.74 Å². The van der Waals surface area contributed by atoms with Crippen molar-refractivity contribution in [1.82, 2.24) is 20.2 Å². The molecule has 0 aliphatic rings. The number of ether oxygens (including phenoxy) is 1. The molecule has 0 aliphatic carbocycles. The normalized spacial score (nSPS) is 12.1. The lowest BCUT2D eigenvalue weighted by Gasteiger charge is -2.13. The minimum Gasteiger partial charge on any atom is -0.491 e. The van der Waals surface area contributed by atoms with Crippen LogP contribution in [0, 0.1) is 13.8 Å². The quantitative estimate of drug-likeness (QED) is 0.656. The van der Waals surface area contributed by atoms with Gasteiger partial charge in [-0.05, 0) is 59.7 Å². The monoisotopic (exact) mass is 356 g/mol. The van der Waals surface area contributed by atoms with Gasteiger partial charge >= 0.3 is 0 Å². The molecule has 0 unspecified atom stereocenters. The third-order valence-corrected chi connectivity index (χ3v) is 4.55. The molecule has 1 aromatic heterocycles. The molecule has 1 N–H and O–H groups in total. The van der Waals surface area contributed by atoms with Crippen molar-refractivity contribution in [3.05, 3.63) is 59.7 Å². The van der Waals surface area contributed by atoms with Crippen molar-refractivity contribution in [2.45, 2.75) is 25.1 Å². The molecule has 3 aromatic rings. The number of aliphatic hydroxyl groups excluding tert-OH is 1. The number of aliphatic hydroxyl groups is 1. The molecule has 6 nitrogen and oxygen atoms in total. The Labute approximate surface area is 150 Å². The highest BCUT2D eigenvalue weighted by atomic mass is 32.2. The van der Waals surface area contributed by atoms with Crippen LogP contribution in [0.1, 0.15) is 11.1 Å². The maximum Gasteiger partial charge on any atom is 0.214 e. The van der Waals surface area contributed by atoms with E-state index in [0.29, 0.717) is 10.9 Å². The number of hydrogen-bond acceptors (Lipinski definition) is 6. The number of thioether (sulfide) groups is 1. The topological polar surface area (TPSA) is 73.1 Å². The molecular formula is C18H20N4O2S. The summed E-state index contributed by atoms with van der Waals surface area (Å²) in [4.78, 5) is 0. The summed E-state index contributed by atoms with van der Waals surface area (Å²) in [7, 11) is 0. The fourth-order valence-corrected chi connectivity index (χ4v) is 3.22. The van der Waals surface area contributed by atoms with Crippen LogP contribution in [0.15, 0.2) is 53.7 Å². The van der Waals surface area contributed by atoms with Crippen LogP contribution in [0.25, 0.3) is 5.69 Å². The predicted octanol–water partition coefficient (Wildman–Crippen LogP) is 2.81. The van der Waals surface area contributed by atoms with Crippen molar-refractivity contribution in [3.8, 4) is 11.4 Å². The van der Waals surface area contributed by atoms with Crippen LogP contribution in [0.2, 0.25) is 0 Å². The SMILES string of the molecule is Cc1cc(C)cc(OC[C@H](O)CSc2nnnn2-c2ccccc2)c1. The van der Waals surface area contributed by atoms with Gasteiger partial charge in [0.2, 0.25) is 5.16 Å². The van der Waals surface area contributed by atoms with E-state index in [0.717, 1.165) is 22.6 Å². The maximum absolute atomic E-state index is 10.2. The zero-order chi connectivity index (χ0) is 17.6. The van der Waals surface area contributed by atoms with Gasteiger partial charge in [-0.15, -0.1) is 5.10 Å². The fraction of sp³-hybridized carbons (Fsp3) is 0.278. The molecule has 0 radical (unpaired) electrons. The highest BCUT2D eigenvalue weighted by Gasteiger charge is 2.12. The Kier molecular flexibility index (Phi) is 5.67. The highest BCUT2D eigenvalue weighted by Crippen LogP contribution is 2.20. The average Bonchev–Trinajstić information content (AvgIpc) is 3.07. The van der Waals surface area contributed by atoms with E-state index < -0.39 is 6.10 Å². The van der Waals surface area contributed by atoms with E-state index in [-0.39, 0.29) is 6.61 Å². The molecule has 3 rings (SSSR count). The van der Waals surface area contributed by atoms with Gasteiger partial charge in [0.25, 0.3) is 0 Å². The number of para-hydroxylation sites is 1. The third-order valence-electron chi connectivity index (χ3n) is 3.48. The molecule has 7 heteroatoms. The largest absolute Gasteiger partial charge is 0.491 e. The molecule has 1 heterocycles. The van der Waals surface area contributed by atoms with Crippen molar-refractivity contribution in [2.75, 3.05) is 12.4 Å². The number of tetrazole rings is 1. The maximum atomic E-state index is 10.2. The molecule has 0 saturated carbocycles. The smallest absolute Gasteiger partial charge is 0.214 e. The van der Waals surface area contributed by atoms with Gasteiger partial charge in [0.05, 0.1) is 11.8 Å². The molecule has 130 valence electrons. The summed E-state index contributed by atoms with van der Waals surface area (Å²) in [5.41, 5.74) is 3.16. The standard InChI is InChI=1S/C18H20N4O2S/c1-13-8-14(2)10-17(9-13)24-11-16(23)12-25-18-19-20-21-22(18)15-6-4-3-5-7-15/h3-10,16,23H,11-12H2,1-2H3/t16-/m0/s1. The first kappa shape index (κ1) is 17.4. The summed E-state index contributed by atoms with van der Waals surface area (Å²) in [5.74, 6) is 1.22. The average molecular weight is 356 g/mol. The number of benzene rings is 2. The number of rotatable bonds is 7. The van der Waals surface area contributed by atoms with E-state index in [1.54, 1.807) is 4.68 Å². The Morgan fingerprint density at radius 3 is 2.56 bits per heavy atom. The molecule has 0 saturated heterocycles. The van der Waals surface area contributed by atoms with Crippen LogP contribution in [0.4, 0.5) is 0 Å². The first-order chi connectivity index (χ1) is 12.1. The third kappa shape index (κ3) is 4.80. The first-order valence-electron chi connectivity index (χ1n) is 7.97. The Morgan fingerprint density at radius 1 is 1.12 bits per heavy atom. The van der Waals surface area contributed by atoms with Crippen molar-refractivity contribution < 1.29 is 9.84 Å². The second-order valence-corrected chi connectivity index (χ2v) is 6.80. The van der Waals surface area contributed by atoms with E-state index >= 15 is 0 Å². The van der Waals surface area contributed by atoms with E-state index in [1.807, 2.05) is 56.3 Å². The van der Waals surface area contributed by atoms with Gasteiger partial charge in [-0.1, -0.05) is 36.0 Å². The number of aryl methyl sites for hydroxylation is 2. The van der Waals surface area contributed by atoms with Gasteiger partial charge in [0.1, 0.15) is 12.4 Å². The molecule has 0 fully saturated rings. The molecule has 25 heavy (non-hydrogen) atoms. The van der Waals surface area contributed by atoms with Crippen LogP contribution in [-0.2, 0) is 0 Å². The molecular weight excluding hydrogens is 336 g/mol. The predicted molar refractivity (Wildman–Crippen MR) is 97.3 cm³/mol. The minimum atomic E-state index is -0.619. The van der Waals surface area contributed by atoms with E-state index in [1.165, 1.54) is 11.8 Å². The van der Waals surface area contributed by atoms with Crippen LogP contribution >= 0.6 is 11.8 Å². The van der Waals surface area contributed by atoms with Gasteiger partial charge in [0, 0.05) is 5.75 Å². The van der Waals surface area contributed by atoms with Crippen LogP contribution in [-0.4, -0.2) is 43.8 Å². The van der Waals surface area contributed by atoms with Gasteiger partial charge in [0.15, 0.2) is 0 Å². The summed E-state index contributed by atoms with van der Waals surface area (Å²) < 4.78 is 7.35. The second kappa shape index (κ2) is 8.13. The molecule has 0 bridgehead atoms. The van der Waals surface area contributed by atoms with E-state index in [2.05, 4.69) is 21.6 Å². The molecule has 1 atom stereocenters. The first-order valence-corrected chi connectivity index (χ1v) is 8.96. The summed E-state index contributed by atoms with van der Waals surface area (Å²) in [5, 5.41) is 22.6. The number of aromatic nitrogens is 4. The molecule has 0 spiro atoms. The second-order valence-electron chi connectivity index (χ2n) is 5.81. The van der Waals surface area contributed by atoms with E-state index in [4.69, 9.17) is 4.74 Å². The Hall–Kier alpha value is -2.38. The molecule has 0 amide bonds. The van der Waals surface area contributed by atoms with Gasteiger partial charge in [-0.2, -0.15) is 4.68 Å². The van der Waals surface area contributed by atoms with Gasteiger partial charge in [-0.25, -0.2) is 0 Å². The van der Waals surface area contributed by atoms with Crippen molar-refractivity contribution in [3.63, 3.8) is 0 Å². The zero-order valence-corrected chi connectivity index (χ0v) is 15.0. The van der Waals surface area contributed by atoms with Gasteiger partial charge < -0.3 is 9.84 Å². The number of nitrogens with zero attached hydrogens (tertiary/aromatic N) is 4. The number of hydrogen-bond donors (Lipinski definition) is 1. The lowest BCUT2D eigenvalue weighted by Crippen LogP contribution is -2.20. The van der Waals surface area contributed by atoms with Crippen LogP contribution in [0.3, 0.4) is 0 Å². The minimum absolute atomic E-state index is 0.225. The Balaban J connectivity index is 1.55.